The van der Waals surface area contributed by atoms with Gasteiger partial charge in [0, 0.05) is 5.69 Å². The van der Waals surface area contributed by atoms with Gasteiger partial charge in [-0.25, -0.2) is 17.9 Å². The molecule has 0 aromatic heterocycles. The molecule has 2 N–H and O–H groups in total. The van der Waals surface area contributed by atoms with Crippen molar-refractivity contribution < 1.29 is 17.9 Å². The minimum Gasteiger partial charge on any atom is -0.444 e. The van der Waals surface area contributed by atoms with Gasteiger partial charge in [-0.1, -0.05) is 0 Å². The van der Waals surface area contributed by atoms with E-state index in [1.54, 1.807) is 27.7 Å². The number of sulfonamides is 1. The largest absolute Gasteiger partial charge is 0.444 e. The summed E-state index contributed by atoms with van der Waals surface area (Å²) in [7, 11) is -2.14. The molecule has 0 aliphatic heterocycles. The van der Waals surface area contributed by atoms with Crippen molar-refractivity contribution in [2.24, 2.45) is 0 Å². The van der Waals surface area contributed by atoms with Crippen LogP contribution in [-0.4, -0.2) is 27.2 Å². The van der Waals surface area contributed by atoms with Crippen LogP contribution < -0.4 is 10.0 Å². The zero-order chi connectivity index (χ0) is 15.6. The van der Waals surface area contributed by atoms with Gasteiger partial charge in [0.05, 0.1) is 4.90 Å². The summed E-state index contributed by atoms with van der Waals surface area (Å²) < 4.78 is 30.7. The van der Waals surface area contributed by atoms with Crippen LogP contribution in [0.2, 0.25) is 0 Å². The second kappa shape index (κ2) is 5.80. The Morgan fingerprint density at radius 3 is 2.30 bits per heavy atom. The second-order valence-corrected chi connectivity index (χ2v) is 7.20. The summed E-state index contributed by atoms with van der Waals surface area (Å²) in [6, 6.07) is 4.44. The molecule has 0 bridgehead atoms. The van der Waals surface area contributed by atoms with Crippen molar-refractivity contribution in [3.8, 4) is 0 Å². The van der Waals surface area contributed by atoms with Gasteiger partial charge in [-0.05, 0) is 58.5 Å². The average Bonchev–Trinajstić information content (AvgIpc) is 2.29. The third kappa shape index (κ3) is 4.50. The van der Waals surface area contributed by atoms with E-state index in [1.165, 1.54) is 25.2 Å². The quantitative estimate of drug-likeness (QED) is 0.896. The van der Waals surface area contributed by atoms with Gasteiger partial charge in [-0.2, -0.15) is 0 Å². The third-order valence-corrected chi connectivity index (χ3v) is 3.82. The first kappa shape index (κ1) is 16.5. The van der Waals surface area contributed by atoms with E-state index in [2.05, 4.69) is 10.0 Å². The minimum atomic E-state index is -3.49. The fraction of sp³-hybridized carbons (Fsp3) is 0.462. The van der Waals surface area contributed by atoms with Gasteiger partial charge in [-0.3, -0.25) is 5.32 Å². The predicted molar refractivity (Wildman–Crippen MR) is 77.3 cm³/mol. The highest BCUT2D eigenvalue weighted by atomic mass is 32.2. The summed E-state index contributed by atoms with van der Waals surface area (Å²) in [5.41, 5.74) is 0.550. The lowest BCUT2D eigenvalue weighted by Crippen LogP contribution is -2.27. The van der Waals surface area contributed by atoms with Crippen LogP contribution in [0.15, 0.2) is 23.1 Å². The lowest BCUT2D eigenvalue weighted by Gasteiger charge is -2.20. The SMILES string of the molecule is CNS(=O)(=O)c1ccc(NC(=O)OC(C)(C)C)c(C)c1. The van der Waals surface area contributed by atoms with E-state index in [0.29, 0.717) is 11.3 Å². The molecule has 0 aliphatic carbocycles. The number of nitrogens with one attached hydrogen (secondary N) is 2. The molecule has 1 aromatic carbocycles. The molecular formula is C13H20N2O4S. The Morgan fingerprint density at radius 2 is 1.85 bits per heavy atom. The molecule has 0 heterocycles. The topological polar surface area (TPSA) is 84.5 Å². The molecule has 1 amide bonds. The van der Waals surface area contributed by atoms with Crippen LogP contribution in [0.5, 0.6) is 0 Å². The molecule has 1 aromatic rings. The molecule has 0 unspecified atom stereocenters. The van der Waals surface area contributed by atoms with Crippen LogP contribution >= 0.6 is 0 Å². The van der Waals surface area contributed by atoms with E-state index in [-0.39, 0.29) is 4.90 Å². The first-order chi connectivity index (χ1) is 9.05. The molecule has 1 rings (SSSR count). The summed E-state index contributed by atoms with van der Waals surface area (Å²) in [6.07, 6.45) is -0.579. The Labute approximate surface area is 119 Å². The highest BCUT2D eigenvalue weighted by Gasteiger charge is 2.18. The maximum atomic E-state index is 11.7. The Balaban J connectivity index is 2.93. The van der Waals surface area contributed by atoms with Crippen molar-refractivity contribution in [1.82, 2.24) is 4.72 Å². The van der Waals surface area contributed by atoms with Gasteiger partial charge in [0.1, 0.15) is 5.60 Å². The molecule has 0 radical (unpaired) electrons. The van der Waals surface area contributed by atoms with Gasteiger partial charge in [0.15, 0.2) is 0 Å². The number of rotatable bonds is 3. The van der Waals surface area contributed by atoms with Crippen LogP contribution in [0, 0.1) is 6.92 Å². The van der Waals surface area contributed by atoms with E-state index < -0.39 is 21.7 Å². The Hall–Kier alpha value is -1.60. The Kier molecular flexibility index (Phi) is 4.77. The van der Waals surface area contributed by atoms with Crippen LogP contribution in [0.1, 0.15) is 26.3 Å². The van der Waals surface area contributed by atoms with E-state index >= 15 is 0 Å². The molecule has 0 saturated carbocycles. The zero-order valence-electron chi connectivity index (χ0n) is 12.3. The van der Waals surface area contributed by atoms with Crippen molar-refractivity contribution in [1.29, 1.82) is 0 Å². The summed E-state index contributed by atoms with van der Waals surface area (Å²) >= 11 is 0. The molecule has 112 valence electrons. The standard InChI is InChI=1S/C13H20N2O4S/c1-9-8-10(20(17,18)14-5)6-7-11(9)15-12(16)19-13(2,3)4/h6-8,14H,1-5H3,(H,15,16). The summed E-state index contributed by atoms with van der Waals surface area (Å²) in [4.78, 5) is 11.8. The zero-order valence-corrected chi connectivity index (χ0v) is 13.1. The molecule has 7 heteroatoms. The average molecular weight is 300 g/mol. The van der Waals surface area contributed by atoms with E-state index in [1.807, 2.05) is 0 Å². The van der Waals surface area contributed by atoms with E-state index in [9.17, 15) is 13.2 Å². The van der Waals surface area contributed by atoms with E-state index in [4.69, 9.17) is 4.74 Å². The molecule has 0 saturated heterocycles. The number of anilines is 1. The first-order valence-electron chi connectivity index (χ1n) is 6.09. The van der Waals surface area contributed by atoms with Crippen LogP contribution in [0.25, 0.3) is 0 Å². The van der Waals surface area contributed by atoms with Gasteiger partial charge in [0.2, 0.25) is 10.0 Å². The number of amides is 1. The Morgan fingerprint density at radius 1 is 1.25 bits per heavy atom. The number of aryl methyl sites for hydroxylation is 1. The van der Waals surface area contributed by atoms with Gasteiger partial charge in [0.25, 0.3) is 0 Å². The summed E-state index contributed by atoms with van der Waals surface area (Å²) in [5, 5.41) is 2.59. The van der Waals surface area contributed by atoms with Crippen molar-refractivity contribution in [3.05, 3.63) is 23.8 Å². The van der Waals surface area contributed by atoms with Gasteiger partial charge in [-0.15, -0.1) is 0 Å². The fourth-order valence-corrected chi connectivity index (χ4v) is 2.29. The van der Waals surface area contributed by atoms with Crippen molar-refractivity contribution in [2.75, 3.05) is 12.4 Å². The highest BCUT2D eigenvalue weighted by molar-refractivity contribution is 7.89. The second-order valence-electron chi connectivity index (χ2n) is 5.31. The Bertz CT molecular complexity index is 603. The van der Waals surface area contributed by atoms with Gasteiger partial charge >= 0.3 is 6.09 Å². The molecule has 0 aliphatic rings. The predicted octanol–water partition coefficient (Wildman–Crippen LogP) is 2.25. The van der Waals surface area contributed by atoms with Crippen molar-refractivity contribution in [2.45, 2.75) is 38.2 Å². The van der Waals surface area contributed by atoms with Crippen molar-refractivity contribution in [3.63, 3.8) is 0 Å². The fourth-order valence-electron chi connectivity index (χ4n) is 1.47. The lowest BCUT2D eigenvalue weighted by molar-refractivity contribution is 0.0636. The molecule has 0 spiro atoms. The first-order valence-corrected chi connectivity index (χ1v) is 7.58. The maximum absolute atomic E-state index is 11.7. The van der Waals surface area contributed by atoms with Gasteiger partial charge < -0.3 is 4.74 Å². The highest BCUT2D eigenvalue weighted by Crippen LogP contribution is 2.20. The van der Waals surface area contributed by atoms with Crippen molar-refractivity contribution >= 4 is 21.8 Å². The number of hydrogen-bond acceptors (Lipinski definition) is 4. The molecule has 6 nitrogen and oxygen atoms in total. The van der Waals surface area contributed by atoms with Crippen LogP contribution in [0.3, 0.4) is 0 Å². The number of carbonyl (C=O) groups excluding carboxylic acids is 1. The third-order valence-electron chi connectivity index (χ3n) is 2.41. The molecular weight excluding hydrogens is 280 g/mol. The molecule has 0 fully saturated rings. The summed E-state index contributed by atoms with van der Waals surface area (Å²) in [5.74, 6) is 0. The van der Waals surface area contributed by atoms with Crippen LogP contribution in [-0.2, 0) is 14.8 Å². The number of benzene rings is 1. The monoisotopic (exact) mass is 300 g/mol. The number of hydrogen-bond donors (Lipinski definition) is 2. The minimum absolute atomic E-state index is 0.146. The smallest absolute Gasteiger partial charge is 0.412 e. The lowest BCUT2D eigenvalue weighted by atomic mass is 10.2. The number of ether oxygens (including phenoxy) is 1. The van der Waals surface area contributed by atoms with E-state index in [0.717, 1.165) is 0 Å². The summed E-state index contributed by atoms with van der Waals surface area (Å²) in [6.45, 7) is 7.01. The maximum Gasteiger partial charge on any atom is 0.412 e. The van der Waals surface area contributed by atoms with Crippen LogP contribution in [0.4, 0.5) is 10.5 Å². The number of carbonyl (C=O) groups is 1. The normalized spacial score (nSPS) is 12.1. The molecule has 20 heavy (non-hydrogen) atoms. The molecule has 0 atom stereocenters.